The minimum Gasteiger partial charge on any atom is -0.471 e. The molecule has 0 unspecified atom stereocenters. The van der Waals surface area contributed by atoms with Crippen molar-refractivity contribution in [2.45, 2.75) is 27.1 Å². The molecule has 0 atom stereocenters. The van der Waals surface area contributed by atoms with Crippen molar-refractivity contribution in [3.63, 3.8) is 0 Å². The zero-order valence-corrected chi connectivity index (χ0v) is 15.5. The first-order chi connectivity index (χ1) is 12.4. The highest BCUT2D eigenvalue weighted by Crippen LogP contribution is 2.19. The number of aromatic nitrogens is 4. The number of carbonyl (C=O) groups excluding carboxylic acids is 1. The van der Waals surface area contributed by atoms with Gasteiger partial charge in [-0.25, -0.2) is 4.68 Å². The molecule has 0 bridgehead atoms. The Hall–Kier alpha value is -3.09. The number of amides is 1. The van der Waals surface area contributed by atoms with E-state index in [1.165, 1.54) is 5.56 Å². The Morgan fingerprint density at radius 3 is 2.73 bits per heavy atom. The van der Waals surface area contributed by atoms with Gasteiger partial charge >= 0.3 is 0 Å². The number of nitrogens with zero attached hydrogens (tertiary/aromatic N) is 5. The van der Waals surface area contributed by atoms with Crippen molar-refractivity contribution >= 4 is 5.91 Å². The predicted octanol–water partition coefficient (Wildman–Crippen LogP) is 2.54. The molecule has 0 aliphatic carbocycles. The van der Waals surface area contributed by atoms with Crippen LogP contribution in [-0.2, 0) is 20.3 Å². The third kappa shape index (κ3) is 3.93. The second-order valence-corrected chi connectivity index (χ2v) is 6.39. The van der Waals surface area contributed by atoms with Crippen molar-refractivity contribution in [1.29, 1.82) is 0 Å². The summed E-state index contributed by atoms with van der Waals surface area (Å²) in [5, 5.41) is 8.44. The molecule has 3 aromatic rings. The molecular weight excluding hydrogens is 330 g/mol. The summed E-state index contributed by atoms with van der Waals surface area (Å²) < 4.78 is 9.16. The number of carbonyl (C=O) groups is 1. The molecule has 7 heteroatoms. The van der Waals surface area contributed by atoms with E-state index in [2.05, 4.69) is 16.3 Å². The molecule has 0 aliphatic heterocycles. The first-order valence-electron chi connectivity index (χ1n) is 8.40. The molecule has 136 valence electrons. The lowest BCUT2D eigenvalue weighted by Gasteiger charge is -2.15. The molecule has 0 saturated carbocycles. The Balaban J connectivity index is 1.61. The maximum Gasteiger partial charge on any atom is 0.274 e. The molecule has 0 radical (unpaired) electrons. The van der Waals surface area contributed by atoms with Crippen LogP contribution in [0.1, 0.15) is 27.3 Å². The van der Waals surface area contributed by atoms with E-state index < -0.39 is 0 Å². The molecule has 0 spiro atoms. The minimum atomic E-state index is -0.142. The number of benzene rings is 1. The average molecular weight is 353 g/mol. The molecule has 1 amide bonds. The van der Waals surface area contributed by atoms with E-state index in [0.29, 0.717) is 12.2 Å². The Labute approximate surface area is 152 Å². The van der Waals surface area contributed by atoms with E-state index in [4.69, 9.17) is 4.74 Å². The SMILES string of the molecule is Cc1ccc(OCn2ccc(C(=O)N(C)Cc3ccnn3C)n2)c(C)c1. The van der Waals surface area contributed by atoms with Crippen LogP contribution in [0, 0.1) is 13.8 Å². The molecule has 2 heterocycles. The lowest BCUT2D eigenvalue weighted by molar-refractivity contribution is 0.0774. The zero-order valence-electron chi connectivity index (χ0n) is 15.5. The van der Waals surface area contributed by atoms with E-state index in [0.717, 1.165) is 17.0 Å². The Morgan fingerprint density at radius 1 is 1.23 bits per heavy atom. The predicted molar refractivity (Wildman–Crippen MR) is 97.8 cm³/mol. The van der Waals surface area contributed by atoms with Crippen LogP contribution >= 0.6 is 0 Å². The Bertz CT molecular complexity index is 912. The zero-order chi connectivity index (χ0) is 18.7. The van der Waals surface area contributed by atoms with Crippen LogP contribution in [0.15, 0.2) is 42.7 Å². The second kappa shape index (κ2) is 7.43. The van der Waals surface area contributed by atoms with Gasteiger partial charge in [0.2, 0.25) is 0 Å². The first-order valence-corrected chi connectivity index (χ1v) is 8.40. The van der Waals surface area contributed by atoms with Gasteiger partial charge in [-0.1, -0.05) is 17.7 Å². The van der Waals surface area contributed by atoms with Gasteiger partial charge in [0.15, 0.2) is 12.4 Å². The number of ether oxygens (including phenoxy) is 1. The van der Waals surface area contributed by atoms with Crippen molar-refractivity contribution in [3.8, 4) is 5.75 Å². The lowest BCUT2D eigenvalue weighted by atomic mass is 10.1. The van der Waals surface area contributed by atoms with Crippen LogP contribution in [0.5, 0.6) is 5.75 Å². The van der Waals surface area contributed by atoms with Gasteiger partial charge in [0, 0.05) is 26.5 Å². The highest BCUT2D eigenvalue weighted by Gasteiger charge is 2.16. The number of aryl methyl sites for hydroxylation is 3. The third-order valence-electron chi connectivity index (χ3n) is 4.21. The summed E-state index contributed by atoms with van der Waals surface area (Å²) in [6.07, 6.45) is 3.46. The van der Waals surface area contributed by atoms with E-state index in [9.17, 15) is 4.79 Å². The fourth-order valence-electron chi connectivity index (χ4n) is 2.71. The van der Waals surface area contributed by atoms with Crippen molar-refractivity contribution < 1.29 is 9.53 Å². The summed E-state index contributed by atoms with van der Waals surface area (Å²) in [6, 6.07) is 9.62. The fraction of sp³-hybridized carbons (Fsp3) is 0.316. The van der Waals surface area contributed by atoms with Gasteiger partial charge in [0.25, 0.3) is 5.91 Å². The van der Waals surface area contributed by atoms with Crippen molar-refractivity contribution in [3.05, 3.63) is 65.2 Å². The van der Waals surface area contributed by atoms with Crippen LogP contribution in [0.4, 0.5) is 0 Å². The third-order valence-corrected chi connectivity index (χ3v) is 4.21. The smallest absolute Gasteiger partial charge is 0.274 e. The summed E-state index contributed by atoms with van der Waals surface area (Å²) in [6.45, 7) is 4.78. The summed E-state index contributed by atoms with van der Waals surface area (Å²) in [5.74, 6) is 0.670. The molecule has 26 heavy (non-hydrogen) atoms. The summed E-state index contributed by atoms with van der Waals surface area (Å²) >= 11 is 0. The normalized spacial score (nSPS) is 10.8. The van der Waals surface area contributed by atoms with Crippen molar-refractivity contribution in [2.24, 2.45) is 7.05 Å². The highest BCUT2D eigenvalue weighted by atomic mass is 16.5. The second-order valence-electron chi connectivity index (χ2n) is 6.39. The summed E-state index contributed by atoms with van der Waals surface area (Å²) in [4.78, 5) is 14.2. The number of hydrogen-bond donors (Lipinski definition) is 0. The molecule has 0 saturated heterocycles. The van der Waals surface area contributed by atoms with Gasteiger partial charge < -0.3 is 9.64 Å². The maximum atomic E-state index is 12.5. The maximum absolute atomic E-state index is 12.5. The molecule has 0 fully saturated rings. The topological polar surface area (TPSA) is 65.2 Å². The highest BCUT2D eigenvalue weighted by molar-refractivity contribution is 5.91. The van der Waals surface area contributed by atoms with Crippen LogP contribution < -0.4 is 4.74 Å². The monoisotopic (exact) mass is 353 g/mol. The van der Waals surface area contributed by atoms with Gasteiger partial charge in [-0.3, -0.25) is 9.48 Å². The van der Waals surface area contributed by atoms with Crippen LogP contribution in [0.2, 0.25) is 0 Å². The number of rotatable bonds is 6. The number of hydrogen-bond acceptors (Lipinski definition) is 4. The van der Waals surface area contributed by atoms with Gasteiger partial charge in [-0.2, -0.15) is 10.2 Å². The van der Waals surface area contributed by atoms with Gasteiger partial charge in [0.1, 0.15) is 5.75 Å². The Morgan fingerprint density at radius 2 is 2.04 bits per heavy atom. The van der Waals surface area contributed by atoms with E-state index in [1.807, 2.05) is 39.1 Å². The first kappa shape index (κ1) is 17.7. The molecule has 0 aliphatic rings. The molecule has 7 nitrogen and oxygen atoms in total. The molecular formula is C19H23N5O2. The van der Waals surface area contributed by atoms with Gasteiger partial charge in [-0.15, -0.1) is 0 Å². The Kier molecular flexibility index (Phi) is 5.06. The minimum absolute atomic E-state index is 0.142. The molecule has 3 rings (SSSR count). The molecule has 0 N–H and O–H groups in total. The van der Waals surface area contributed by atoms with Crippen LogP contribution in [-0.4, -0.2) is 37.4 Å². The lowest BCUT2D eigenvalue weighted by Crippen LogP contribution is -2.27. The average Bonchev–Trinajstić information content (AvgIpc) is 3.23. The quantitative estimate of drug-likeness (QED) is 0.683. The van der Waals surface area contributed by atoms with Gasteiger partial charge in [0.05, 0.1) is 12.2 Å². The van der Waals surface area contributed by atoms with Crippen LogP contribution in [0.3, 0.4) is 0 Å². The molecule has 2 aromatic heterocycles. The summed E-state index contributed by atoms with van der Waals surface area (Å²) in [5.41, 5.74) is 3.61. The van der Waals surface area contributed by atoms with Gasteiger partial charge in [-0.05, 0) is 37.6 Å². The van der Waals surface area contributed by atoms with E-state index in [-0.39, 0.29) is 12.6 Å². The summed E-state index contributed by atoms with van der Waals surface area (Å²) in [7, 11) is 3.60. The molecule has 1 aromatic carbocycles. The fourth-order valence-corrected chi connectivity index (χ4v) is 2.71. The van der Waals surface area contributed by atoms with E-state index >= 15 is 0 Å². The van der Waals surface area contributed by atoms with Crippen molar-refractivity contribution in [1.82, 2.24) is 24.5 Å². The largest absolute Gasteiger partial charge is 0.471 e. The van der Waals surface area contributed by atoms with Crippen molar-refractivity contribution in [2.75, 3.05) is 7.05 Å². The standard InChI is InChI=1S/C19H23N5O2/c1-14-5-6-18(15(2)11-14)26-13-24-10-8-17(21-24)19(25)22(3)12-16-7-9-20-23(16)4/h5-11H,12-13H2,1-4H3. The van der Waals surface area contributed by atoms with E-state index in [1.54, 1.807) is 39.8 Å². The van der Waals surface area contributed by atoms with Crippen LogP contribution in [0.25, 0.3) is 0 Å².